The summed E-state index contributed by atoms with van der Waals surface area (Å²) in [7, 11) is 0. The molecule has 0 saturated heterocycles. The maximum absolute atomic E-state index is 9.07. The van der Waals surface area contributed by atoms with Gasteiger partial charge in [-0.1, -0.05) is 12.1 Å². The van der Waals surface area contributed by atoms with Crippen molar-refractivity contribution < 1.29 is 0 Å². The van der Waals surface area contributed by atoms with Crippen LogP contribution >= 0.6 is 0 Å². The van der Waals surface area contributed by atoms with Gasteiger partial charge in [0, 0.05) is 11.9 Å². The van der Waals surface area contributed by atoms with Crippen molar-refractivity contribution in [1.29, 1.82) is 5.26 Å². The third-order valence-electron chi connectivity index (χ3n) is 2.93. The molecular formula is C14H16N4. The lowest BCUT2D eigenvalue weighted by molar-refractivity contribution is 0.687. The van der Waals surface area contributed by atoms with E-state index in [1.807, 2.05) is 44.2 Å². The van der Waals surface area contributed by atoms with E-state index in [2.05, 4.69) is 21.6 Å². The highest BCUT2D eigenvalue weighted by molar-refractivity contribution is 5.47. The predicted molar refractivity (Wildman–Crippen MR) is 71.0 cm³/mol. The van der Waals surface area contributed by atoms with E-state index in [0.29, 0.717) is 6.54 Å². The average molecular weight is 240 g/mol. The highest BCUT2D eigenvalue weighted by Gasteiger charge is 2.18. The molecule has 2 rings (SSSR count). The lowest BCUT2D eigenvalue weighted by Crippen LogP contribution is -2.13. The highest BCUT2D eigenvalue weighted by Crippen LogP contribution is 2.23. The van der Waals surface area contributed by atoms with Gasteiger partial charge in [0.1, 0.15) is 0 Å². The van der Waals surface area contributed by atoms with Gasteiger partial charge in [-0.3, -0.25) is 5.10 Å². The average Bonchev–Trinajstić information content (AvgIpc) is 2.90. The smallest absolute Gasteiger partial charge is 0.0766 e. The van der Waals surface area contributed by atoms with Crippen LogP contribution < -0.4 is 5.32 Å². The monoisotopic (exact) mass is 240 g/mol. The summed E-state index contributed by atoms with van der Waals surface area (Å²) in [6, 6.07) is 12.2. The van der Waals surface area contributed by atoms with Gasteiger partial charge in [0.2, 0.25) is 0 Å². The van der Waals surface area contributed by atoms with Crippen LogP contribution in [-0.4, -0.2) is 10.2 Å². The Bertz CT molecular complexity index is 532. The van der Waals surface area contributed by atoms with E-state index in [1.54, 1.807) is 6.20 Å². The van der Waals surface area contributed by atoms with Gasteiger partial charge in [-0.05, 0) is 37.6 Å². The van der Waals surface area contributed by atoms with E-state index in [-0.39, 0.29) is 0 Å². The number of nitriles is 1. The summed E-state index contributed by atoms with van der Waals surface area (Å²) >= 11 is 0. The van der Waals surface area contributed by atoms with Crippen LogP contribution in [0, 0.1) is 11.3 Å². The molecule has 0 radical (unpaired) electrons. The fourth-order valence-electron chi connectivity index (χ4n) is 1.65. The molecule has 18 heavy (non-hydrogen) atoms. The molecule has 1 heterocycles. The minimum atomic E-state index is -0.443. The Labute approximate surface area is 107 Å². The molecule has 0 bridgehead atoms. The second kappa shape index (κ2) is 4.92. The predicted octanol–water partition coefficient (Wildman–Crippen LogP) is 2.82. The van der Waals surface area contributed by atoms with Gasteiger partial charge < -0.3 is 5.32 Å². The molecule has 0 aliphatic heterocycles. The Morgan fingerprint density at radius 3 is 2.56 bits per heavy atom. The first kappa shape index (κ1) is 12.2. The van der Waals surface area contributed by atoms with Crippen molar-refractivity contribution in [1.82, 2.24) is 10.2 Å². The number of nitrogens with zero attached hydrogens (tertiary/aromatic N) is 2. The number of aromatic amines is 1. The van der Waals surface area contributed by atoms with Gasteiger partial charge in [-0.2, -0.15) is 10.4 Å². The lowest BCUT2D eigenvalue weighted by Gasteiger charge is -2.16. The largest absolute Gasteiger partial charge is 0.379 e. The highest BCUT2D eigenvalue weighted by atomic mass is 15.1. The first-order valence-corrected chi connectivity index (χ1v) is 5.86. The van der Waals surface area contributed by atoms with Gasteiger partial charge in [0.05, 0.1) is 23.7 Å². The maximum Gasteiger partial charge on any atom is 0.0766 e. The molecule has 0 aliphatic rings. The summed E-state index contributed by atoms with van der Waals surface area (Å²) in [6.45, 7) is 4.54. The van der Waals surface area contributed by atoms with Crippen molar-refractivity contribution >= 4 is 5.69 Å². The number of rotatable bonds is 4. The second-order valence-electron chi connectivity index (χ2n) is 4.75. The molecule has 1 aromatic carbocycles. The van der Waals surface area contributed by atoms with Crippen LogP contribution in [-0.2, 0) is 12.0 Å². The third kappa shape index (κ3) is 2.69. The second-order valence-corrected chi connectivity index (χ2v) is 4.75. The van der Waals surface area contributed by atoms with Crippen LogP contribution in [0.1, 0.15) is 25.1 Å². The Morgan fingerprint density at radius 1 is 1.28 bits per heavy atom. The Morgan fingerprint density at radius 2 is 2.00 bits per heavy atom. The first-order chi connectivity index (χ1) is 8.62. The molecule has 0 saturated carbocycles. The van der Waals surface area contributed by atoms with Crippen LogP contribution in [0.3, 0.4) is 0 Å². The zero-order valence-corrected chi connectivity index (χ0v) is 10.6. The summed E-state index contributed by atoms with van der Waals surface area (Å²) in [4.78, 5) is 0. The molecule has 1 aromatic heterocycles. The molecular weight excluding hydrogens is 224 g/mol. The summed E-state index contributed by atoms with van der Waals surface area (Å²) in [5.41, 5.74) is 2.65. The van der Waals surface area contributed by atoms with Crippen LogP contribution in [0.25, 0.3) is 0 Å². The lowest BCUT2D eigenvalue weighted by atomic mass is 9.86. The first-order valence-electron chi connectivity index (χ1n) is 5.86. The molecule has 4 heteroatoms. The fourth-order valence-corrected chi connectivity index (χ4v) is 1.65. The van der Waals surface area contributed by atoms with Crippen LogP contribution in [0.5, 0.6) is 0 Å². The number of hydrogen-bond acceptors (Lipinski definition) is 3. The summed E-state index contributed by atoms with van der Waals surface area (Å²) in [5.74, 6) is 0. The minimum Gasteiger partial charge on any atom is -0.379 e. The molecule has 2 N–H and O–H groups in total. The van der Waals surface area contributed by atoms with Crippen LogP contribution in [0.2, 0.25) is 0 Å². The van der Waals surface area contributed by atoms with Gasteiger partial charge in [0.15, 0.2) is 0 Å². The van der Waals surface area contributed by atoms with Gasteiger partial charge in [0.25, 0.3) is 0 Å². The van der Waals surface area contributed by atoms with Gasteiger partial charge in [-0.25, -0.2) is 0 Å². The molecule has 0 spiro atoms. The zero-order chi connectivity index (χ0) is 13.0. The van der Waals surface area contributed by atoms with E-state index in [4.69, 9.17) is 5.26 Å². The van der Waals surface area contributed by atoms with Gasteiger partial charge >= 0.3 is 0 Å². The number of hydrogen-bond donors (Lipinski definition) is 2. The summed E-state index contributed by atoms with van der Waals surface area (Å²) in [5, 5.41) is 19.1. The number of H-pyrrole nitrogens is 1. The Hall–Kier alpha value is -2.28. The van der Waals surface area contributed by atoms with E-state index in [0.717, 1.165) is 16.9 Å². The zero-order valence-electron chi connectivity index (χ0n) is 10.6. The van der Waals surface area contributed by atoms with E-state index in [9.17, 15) is 0 Å². The molecule has 0 fully saturated rings. The number of nitrogens with one attached hydrogen (secondary N) is 2. The van der Waals surface area contributed by atoms with Crippen molar-refractivity contribution in [2.24, 2.45) is 0 Å². The normalized spacial score (nSPS) is 10.9. The van der Waals surface area contributed by atoms with Crippen LogP contribution in [0.4, 0.5) is 5.69 Å². The maximum atomic E-state index is 9.07. The number of benzene rings is 1. The van der Waals surface area contributed by atoms with E-state index < -0.39 is 5.41 Å². The van der Waals surface area contributed by atoms with E-state index >= 15 is 0 Å². The van der Waals surface area contributed by atoms with Crippen molar-refractivity contribution in [2.45, 2.75) is 25.8 Å². The molecule has 2 aromatic rings. The number of anilines is 1. The molecule has 0 atom stereocenters. The van der Waals surface area contributed by atoms with E-state index in [1.165, 1.54) is 0 Å². The van der Waals surface area contributed by atoms with Crippen molar-refractivity contribution in [3.05, 3.63) is 47.8 Å². The minimum absolute atomic E-state index is 0.443. The number of aromatic nitrogens is 2. The Kier molecular flexibility index (Phi) is 3.33. The fraction of sp³-hybridized carbons (Fsp3) is 0.286. The summed E-state index contributed by atoms with van der Waals surface area (Å²) in [6.07, 6.45) is 1.73. The van der Waals surface area contributed by atoms with Crippen molar-refractivity contribution in [2.75, 3.05) is 5.32 Å². The molecule has 0 aliphatic carbocycles. The summed E-state index contributed by atoms with van der Waals surface area (Å²) < 4.78 is 0. The van der Waals surface area contributed by atoms with Crippen molar-refractivity contribution in [3.63, 3.8) is 0 Å². The van der Waals surface area contributed by atoms with Gasteiger partial charge in [-0.15, -0.1) is 0 Å². The van der Waals surface area contributed by atoms with Crippen molar-refractivity contribution in [3.8, 4) is 6.07 Å². The molecule has 0 amide bonds. The molecule has 92 valence electrons. The standard InChI is InChI=1S/C14H16N4/c1-14(2,10-15)11-3-5-12(6-4-11)16-9-13-7-8-17-18-13/h3-8,16H,9H2,1-2H3,(H,17,18). The molecule has 4 nitrogen and oxygen atoms in total. The third-order valence-corrected chi connectivity index (χ3v) is 2.93. The topological polar surface area (TPSA) is 64.5 Å². The Balaban J connectivity index is 2.02. The quantitative estimate of drug-likeness (QED) is 0.863. The van der Waals surface area contributed by atoms with Crippen LogP contribution in [0.15, 0.2) is 36.5 Å². The molecule has 0 unspecified atom stereocenters. The SMILES string of the molecule is CC(C)(C#N)c1ccc(NCc2ccn[nH]2)cc1.